The van der Waals surface area contributed by atoms with E-state index in [9.17, 15) is 0 Å². The Labute approximate surface area is 110 Å². The molecule has 94 valence electrons. The summed E-state index contributed by atoms with van der Waals surface area (Å²) in [6, 6.07) is 22.0. The van der Waals surface area contributed by atoms with Gasteiger partial charge in [0.25, 0.3) is 0 Å². The maximum absolute atomic E-state index is 2.30. The molecule has 0 saturated carbocycles. The first-order valence-corrected chi connectivity index (χ1v) is 6.52. The molecule has 1 heteroatoms. The summed E-state index contributed by atoms with van der Waals surface area (Å²) in [5.74, 6) is 0. The van der Waals surface area contributed by atoms with E-state index in [1.807, 2.05) is 0 Å². The SMILES string of the molecule is CN(C)[C@H](CCc1ccccc1)c1ccccc1. The molecule has 2 aromatic rings. The second-order valence-corrected chi connectivity index (χ2v) is 4.91. The Morgan fingerprint density at radius 3 is 1.94 bits per heavy atom. The maximum Gasteiger partial charge on any atom is 0.0345 e. The molecule has 18 heavy (non-hydrogen) atoms. The van der Waals surface area contributed by atoms with Crippen LogP contribution in [0.25, 0.3) is 0 Å². The van der Waals surface area contributed by atoms with E-state index >= 15 is 0 Å². The van der Waals surface area contributed by atoms with Crippen LogP contribution in [0.1, 0.15) is 23.6 Å². The molecule has 0 amide bonds. The smallest absolute Gasteiger partial charge is 0.0345 e. The molecular formula is C17H21N. The van der Waals surface area contributed by atoms with Gasteiger partial charge < -0.3 is 4.90 Å². The van der Waals surface area contributed by atoms with Gasteiger partial charge in [-0.25, -0.2) is 0 Å². The van der Waals surface area contributed by atoms with E-state index in [1.54, 1.807) is 0 Å². The van der Waals surface area contributed by atoms with Crippen LogP contribution in [0.3, 0.4) is 0 Å². The van der Waals surface area contributed by atoms with Crippen molar-refractivity contribution in [3.05, 3.63) is 71.8 Å². The van der Waals surface area contributed by atoms with E-state index in [2.05, 4.69) is 79.7 Å². The molecule has 0 aliphatic carbocycles. The number of hydrogen-bond donors (Lipinski definition) is 0. The van der Waals surface area contributed by atoms with Crippen LogP contribution in [0, 0.1) is 0 Å². The van der Waals surface area contributed by atoms with Crippen LogP contribution in [0.2, 0.25) is 0 Å². The van der Waals surface area contributed by atoms with Gasteiger partial charge in [0, 0.05) is 6.04 Å². The summed E-state index contributed by atoms with van der Waals surface area (Å²) in [6.07, 6.45) is 2.28. The summed E-state index contributed by atoms with van der Waals surface area (Å²) in [4.78, 5) is 2.30. The van der Waals surface area contributed by atoms with Crippen LogP contribution in [0.4, 0.5) is 0 Å². The quantitative estimate of drug-likeness (QED) is 0.764. The number of benzene rings is 2. The third-order valence-electron chi connectivity index (χ3n) is 3.36. The van der Waals surface area contributed by atoms with Crippen molar-refractivity contribution in [1.29, 1.82) is 0 Å². The van der Waals surface area contributed by atoms with Gasteiger partial charge in [-0.2, -0.15) is 0 Å². The molecule has 1 atom stereocenters. The molecule has 0 fully saturated rings. The molecule has 1 nitrogen and oxygen atoms in total. The van der Waals surface area contributed by atoms with Crippen LogP contribution < -0.4 is 0 Å². The van der Waals surface area contributed by atoms with E-state index in [1.165, 1.54) is 11.1 Å². The van der Waals surface area contributed by atoms with Crippen molar-refractivity contribution < 1.29 is 0 Å². The van der Waals surface area contributed by atoms with Crippen LogP contribution in [0.5, 0.6) is 0 Å². The van der Waals surface area contributed by atoms with Crippen LogP contribution in [-0.2, 0) is 6.42 Å². The number of nitrogens with zero attached hydrogens (tertiary/aromatic N) is 1. The predicted octanol–water partition coefficient (Wildman–Crippen LogP) is 3.92. The largest absolute Gasteiger partial charge is 0.302 e. The van der Waals surface area contributed by atoms with Gasteiger partial charge in [-0.05, 0) is 38.1 Å². The van der Waals surface area contributed by atoms with Crippen molar-refractivity contribution in [2.45, 2.75) is 18.9 Å². The number of aryl methyl sites for hydroxylation is 1. The van der Waals surface area contributed by atoms with Gasteiger partial charge >= 0.3 is 0 Å². The van der Waals surface area contributed by atoms with Gasteiger partial charge in [0.1, 0.15) is 0 Å². The Hall–Kier alpha value is -1.60. The molecule has 0 aliphatic heterocycles. The highest BCUT2D eigenvalue weighted by molar-refractivity contribution is 5.20. The summed E-state index contributed by atoms with van der Waals surface area (Å²) in [7, 11) is 4.31. The molecule has 0 aromatic heterocycles. The van der Waals surface area contributed by atoms with Crippen LogP contribution >= 0.6 is 0 Å². The zero-order chi connectivity index (χ0) is 12.8. The van der Waals surface area contributed by atoms with Crippen LogP contribution in [-0.4, -0.2) is 19.0 Å². The minimum atomic E-state index is 0.492. The Bertz CT molecular complexity index is 448. The molecule has 0 bridgehead atoms. The third kappa shape index (κ3) is 3.44. The highest BCUT2D eigenvalue weighted by atomic mass is 15.1. The van der Waals surface area contributed by atoms with E-state index in [0.29, 0.717) is 6.04 Å². The highest BCUT2D eigenvalue weighted by Gasteiger charge is 2.13. The monoisotopic (exact) mass is 239 g/mol. The zero-order valence-corrected chi connectivity index (χ0v) is 11.2. The highest BCUT2D eigenvalue weighted by Crippen LogP contribution is 2.23. The fourth-order valence-electron chi connectivity index (χ4n) is 2.35. The number of rotatable bonds is 5. The lowest BCUT2D eigenvalue weighted by atomic mass is 9.98. The van der Waals surface area contributed by atoms with Gasteiger partial charge in [0.2, 0.25) is 0 Å². The normalized spacial score (nSPS) is 12.6. The minimum Gasteiger partial charge on any atom is -0.302 e. The Kier molecular flexibility index (Phi) is 4.54. The predicted molar refractivity (Wildman–Crippen MR) is 77.6 cm³/mol. The van der Waals surface area contributed by atoms with Crippen molar-refractivity contribution in [3.63, 3.8) is 0 Å². The molecule has 0 heterocycles. The lowest BCUT2D eigenvalue weighted by molar-refractivity contribution is 0.284. The molecule has 0 unspecified atom stereocenters. The van der Waals surface area contributed by atoms with Crippen molar-refractivity contribution in [2.75, 3.05) is 14.1 Å². The molecule has 0 radical (unpaired) electrons. The average molecular weight is 239 g/mol. The van der Waals surface area contributed by atoms with Gasteiger partial charge in [-0.15, -0.1) is 0 Å². The van der Waals surface area contributed by atoms with Crippen molar-refractivity contribution in [3.8, 4) is 0 Å². The third-order valence-corrected chi connectivity index (χ3v) is 3.36. The maximum atomic E-state index is 2.30. The molecule has 0 saturated heterocycles. The Morgan fingerprint density at radius 2 is 1.39 bits per heavy atom. The van der Waals surface area contributed by atoms with Gasteiger partial charge in [0.15, 0.2) is 0 Å². The van der Waals surface area contributed by atoms with E-state index < -0.39 is 0 Å². The lowest BCUT2D eigenvalue weighted by Gasteiger charge is -2.24. The summed E-state index contributed by atoms with van der Waals surface area (Å²) < 4.78 is 0. The molecular weight excluding hydrogens is 218 g/mol. The number of hydrogen-bond acceptors (Lipinski definition) is 1. The average Bonchev–Trinajstić information content (AvgIpc) is 2.41. The minimum absolute atomic E-state index is 0.492. The lowest BCUT2D eigenvalue weighted by Crippen LogP contribution is -2.20. The van der Waals surface area contributed by atoms with E-state index in [-0.39, 0.29) is 0 Å². The topological polar surface area (TPSA) is 3.24 Å². The van der Waals surface area contributed by atoms with Crippen molar-refractivity contribution in [2.24, 2.45) is 0 Å². The first-order valence-electron chi connectivity index (χ1n) is 6.52. The fraction of sp³-hybridized carbons (Fsp3) is 0.294. The molecule has 0 spiro atoms. The summed E-state index contributed by atoms with van der Waals surface area (Å²) >= 11 is 0. The van der Waals surface area contributed by atoms with E-state index in [0.717, 1.165) is 12.8 Å². The summed E-state index contributed by atoms with van der Waals surface area (Å²) in [5, 5.41) is 0. The van der Waals surface area contributed by atoms with Crippen molar-refractivity contribution >= 4 is 0 Å². The van der Waals surface area contributed by atoms with Gasteiger partial charge in [-0.1, -0.05) is 60.7 Å². The molecule has 2 rings (SSSR count). The molecule has 2 aromatic carbocycles. The van der Waals surface area contributed by atoms with Gasteiger partial charge in [0.05, 0.1) is 0 Å². The van der Waals surface area contributed by atoms with Crippen LogP contribution in [0.15, 0.2) is 60.7 Å². The van der Waals surface area contributed by atoms with Crippen molar-refractivity contribution in [1.82, 2.24) is 4.90 Å². The molecule has 0 aliphatic rings. The fourth-order valence-corrected chi connectivity index (χ4v) is 2.35. The second kappa shape index (κ2) is 6.36. The first kappa shape index (κ1) is 12.8. The first-order chi connectivity index (χ1) is 8.77. The van der Waals surface area contributed by atoms with Gasteiger partial charge in [-0.3, -0.25) is 0 Å². The second-order valence-electron chi connectivity index (χ2n) is 4.91. The standard InChI is InChI=1S/C17H21N/c1-18(2)17(16-11-7-4-8-12-16)14-13-15-9-5-3-6-10-15/h3-12,17H,13-14H2,1-2H3/t17-/m1/s1. The molecule has 0 N–H and O–H groups in total. The Balaban J connectivity index is 2.04. The van der Waals surface area contributed by atoms with E-state index in [4.69, 9.17) is 0 Å². The Morgan fingerprint density at radius 1 is 0.833 bits per heavy atom. The zero-order valence-electron chi connectivity index (χ0n) is 11.2. The summed E-state index contributed by atoms with van der Waals surface area (Å²) in [5.41, 5.74) is 2.82. The summed E-state index contributed by atoms with van der Waals surface area (Å²) in [6.45, 7) is 0.